The Morgan fingerprint density at radius 3 is 2.46 bits per heavy atom. The molecule has 0 N–H and O–H groups in total. The zero-order chi connectivity index (χ0) is 17.3. The van der Waals surface area contributed by atoms with Gasteiger partial charge in [-0.05, 0) is 42.5 Å². The molecule has 1 aliphatic heterocycles. The van der Waals surface area contributed by atoms with Crippen molar-refractivity contribution in [2.24, 2.45) is 5.41 Å². The van der Waals surface area contributed by atoms with Gasteiger partial charge in [-0.3, -0.25) is 9.59 Å². The maximum atomic E-state index is 12.7. The second kappa shape index (κ2) is 6.25. The molecule has 0 radical (unpaired) electrons. The molecule has 122 valence electrons. The molecule has 0 saturated carbocycles. The molecular formula is C20H17ClO3. The normalized spacial score (nSPS) is 15.5. The van der Waals surface area contributed by atoms with Crippen molar-refractivity contribution < 1.29 is 14.3 Å². The molecule has 0 fully saturated rings. The summed E-state index contributed by atoms with van der Waals surface area (Å²) < 4.78 is 5.81. The third kappa shape index (κ3) is 3.26. The smallest absolute Gasteiger partial charge is 0.193 e. The summed E-state index contributed by atoms with van der Waals surface area (Å²) in [7, 11) is 0. The lowest BCUT2D eigenvalue weighted by Gasteiger charge is -2.18. The van der Waals surface area contributed by atoms with Crippen molar-refractivity contribution in [1.82, 2.24) is 0 Å². The quantitative estimate of drug-likeness (QED) is 0.607. The number of ketones is 1. The number of rotatable bonds is 3. The molecule has 0 unspecified atom stereocenters. The Morgan fingerprint density at radius 1 is 1.12 bits per heavy atom. The van der Waals surface area contributed by atoms with Gasteiger partial charge >= 0.3 is 0 Å². The summed E-state index contributed by atoms with van der Waals surface area (Å²) in [5.41, 5.74) is 1.99. The van der Waals surface area contributed by atoms with Gasteiger partial charge in [-0.25, -0.2) is 0 Å². The summed E-state index contributed by atoms with van der Waals surface area (Å²) in [6.45, 7) is 4.48. The number of fused-ring (bicyclic) bond motifs is 1. The van der Waals surface area contributed by atoms with E-state index < -0.39 is 0 Å². The van der Waals surface area contributed by atoms with Crippen LogP contribution in [0, 0.1) is 5.41 Å². The third-order valence-electron chi connectivity index (χ3n) is 3.93. The molecule has 24 heavy (non-hydrogen) atoms. The van der Waals surface area contributed by atoms with Crippen LogP contribution in [0.3, 0.4) is 0 Å². The summed E-state index contributed by atoms with van der Waals surface area (Å²) in [6.07, 6.45) is 2.70. The van der Waals surface area contributed by atoms with Crippen LogP contribution in [0.1, 0.15) is 35.3 Å². The topological polar surface area (TPSA) is 43.4 Å². The summed E-state index contributed by atoms with van der Waals surface area (Å²) in [6, 6.07) is 11.9. The number of hydrogen-bond donors (Lipinski definition) is 0. The first-order valence-corrected chi connectivity index (χ1v) is 8.03. The van der Waals surface area contributed by atoms with Gasteiger partial charge in [0.2, 0.25) is 0 Å². The number of aldehydes is 1. The van der Waals surface area contributed by atoms with E-state index in [9.17, 15) is 9.59 Å². The Hall–Kier alpha value is -2.39. The highest BCUT2D eigenvalue weighted by Gasteiger charge is 2.24. The lowest BCUT2D eigenvalue weighted by molar-refractivity contribution is -0.103. The lowest BCUT2D eigenvalue weighted by atomic mass is 9.90. The first-order valence-electron chi connectivity index (χ1n) is 7.65. The van der Waals surface area contributed by atoms with E-state index in [2.05, 4.69) is 0 Å². The van der Waals surface area contributed by atoms with Crippen molar-refractivity contribution in [2.45, 2.75) is 13.8 Å². The van der Waals surface area contributed by atoms with Gasteiger partial charge in [-0.2, -0.15) is 0 Å². The number of allylic oxidation sites excluding steroid dienone is 1. The fourth-order valence-electron chi connectivity index (χ4n) is 2.69. The minimum Gasteiger partial charge on any atom is -0.492 e. The minimum absolute atomic E-state index is 0.122. The summed E-state index contributed by atoms with van der Waals surface area (Å²) in [5.74, 6) is 0.495. The zero-order valence-electron chi connectivity index (χ0n) is 13.5. The summed E-state index contributed by atoms with van der Waals surface area (Å²) in [5, 5.41) is 0.579. The van der Waals surface area contributed by atoms with Crippen molar-refractivity contribution in [3.63, 3.8) is 0 Å². The molecule has 3 nitrogen and oxygen atoms in total. The summed E-state index contributed by atoms with van der Waals surface area (Å²) >= 11 is 5.87. The first-order chi connectivity index (χ1) is 11.4. The van der Waals surface area contributed by atoms with Crippen LogP contribution in [0.25, 0.3) is 5.57 Å². The van der Waals surface area contributed by atoms with Gasteiger partial charge in [0.05, 0.1) is 6.61 Å². The zero-order valence-corrected chi connectivity index (χ0v) is 14.3. The van der Waals surface area contributed by atoms with Crippen LogP contribution in [0.15, 0.2) is 48.5 Å². The van der Waals surface area contributed by atoms with Gasteiger partial charge in [-0.1, -0.05) is 31.5 Å². The molecule has 4 heteroatoms. The van der Waals surface area contributed by atoms with E-state index in [4.69, 9.17) is 16.3 Å². The number of carbonyl (C=O) groups is 2. The van der Waals surface area contributed by atoms with Crippen molar-refractivity contribution in [1.29, 1.82) is 0 Å². The number of carbonyl (C=O) groups excluding carboxylic acids is 2. The molecule has 0 aromatic heterocycles. The van der Waals surface area contributed by atoms with Crippen LogP contribution in [0.4, 0.5) is 0 Å². The number of ether oxygens (including phenoxy) is 1. The number of benzene rings is 2. The second-order valence-corrected chi connectivity index (χ2v) is 6.98. The third-order valence-corrected chi connectivity index (χ3v) is 4.18. The first kappa shape index (κ1) is 16.5. The molecule has 0 aliphatic carbocycles. The SMILES string of the molecule is CC1(C)C=C(C=O)c2cc(C(=O)c3ccc(Cl)cc3)ccc2OC1. The highest BCUT2D eigenvalue weighted by molar-refractivity contribution is 6.30. The van der Waals surface area contributed by atoms with Crippen LogP contribution in [-0.4, -0.2) is 18.7 Å². The maximum absolute atomic E-state index is 12.7. The molecule has 1 heterocycles. The molecule has 0 amide bonds. The van der Waals surface area contributed by atoms with Gasteiger partial charge < -0.3 is 4.74 Å². The van der Waals surface area contributed by atoms with E-state index in [0.29, 0.717) is 39.6 Å². The van der Waals surface area contributed by atoms with E-state index in [1.165, 1.54) is 0 Å². The van der Waals surface area contributed by atoms with Crippen molar-refractivity contribution in [3.05, 3.63) is 70.3 Å². The Kier molecular flexibility index (Phi) is 4.29. The number of halogens is 1. The summed E-state index contributed by atoms with van der Waals surface area (Å²) in [4.78, 5) is 24.2. The highest BCUT2D eigenvalue weighted by atomic mass is 35.5. The molecule has 2 aromatic rings. The Balaban J connectivity index is 2.04. The van der Waals surface area contributed by atoms with Gasteiger partial charge in [0.1, 0.15) is 12.0 Å². The van der Waals surface area contributed by atoms with E-state index in [1.807, 2.05) is 19.9 Å². The second-order valence-electron chi connectivity index (χ2n) is 6.54. The maximum Gasteiger partial charge on any atom is 0.193 e. The van der Waals surface area contributed by atoms with Crippen LogP contribution >= 0.6 is 11.6 Å². The van der Waals surface area contributed by atoms with Crippen LogP contribution in [0.2, 0.25) is 5.02 Å². The monoisotopic (exact) mass is 340 g/mol. The molecule has 0 atom stereocenters. The predicted molar refractivity (Wildman–Crippen MR) is 94.6 cm³/mol. The molecule has 3 rings (SSSR count). The fraction of sp³-hybridized carbons (Fsp3) is 0.200. The van der Waals surface area contributed by atoms with Crippen molar-refractivity contribution in [2.75, 3.05) is 6.61 Å². The van der Waals surface area contributed by atoms with E-state index in [1.54, 1.807) is 42.5 Å². The van der Waals surface area contributed by atoms with Crippen LogP contribution in [-0.2, 0) is 4.79 Å². The molecule has 0 saturated heterocycles. The van der Waals surface area contributed by atoms with Crippen LogP contribution < -0.4 is 4.74 Å². The van der Waals surface area contributed by atoms with Gasteiger partial charge in [-0.15, -0.1) is 0 Å². The average Bonchev–Trinajstić information content (AvgIpc) is 2.70. The predicted octanol–water partition coefficient (Wildman–Crippen LogP) is 4.57. The van der Waals surface area contributed by atoms with Crippen LogP contribution in [0.5, 0.6) is 5.75 Å². The Bertz CT molecular complexity index is 832. The molecule has 1 aliphatic rings. The van der Waals surface area contributed by atoms with E-state index in [0.717, 1.165) is 6.29 Å². The van der Waals surface area contributed by atoms with Crippen molar-refractivity contribution in [3.8, 4) is 5.75 Å². The lowest BCUT2D eigenvalue weighted by Crippen LogP contribution is -2.17. The Morgan fingerprint density at radius 2 is 1.79 bits per heavy atom. The standard InChI is InChI=1S/C20H17ClO3/c1-20(2)10-15(11-22)17-9-14(5-8-18(17)24-12-20)19(23)13-3-6-16(21)7-4-13/h3-11H,12H2,1-2H3. The Labute approximate surface area is 145 Å². The van der Waals surface area contributed by atoms with Gasteiger partial charge in [0, 0.05) is 32.7 Å². The van der Waals surface area contributed by atoms with E-state index in [-0.39, 0.29) is 11.2 Å². The minimum atomic E-state index is -0.254. The molecular weight excluding hydrogens is 324 g/mol. The van der Waals surface area contributed by atoms with Gasteiger partial charge in [0.15, 0.2) is 5.78 Å². The van der Waals surface area contributed by atoms with Gasteiger partial charge in [0.25, 0.3) is 0 Å². The highest BCUT2D eigenvalue weighted by Crippen LogP contribution is 2.35. The fourth-order valence-corrected chi connectivity index (χ4v) is 2.82. The largest absolute Gasteiger partial charge is 0.492 e. The molecule has 0 bridgehead atoms. The van der Waals surface area contributed by atoms with E-state index >= 15 is 0 Å². The average molecular weight is 341 g/mol. The molecule has 0 spiro atoms. The number of hydrogen-bond acceptors (Lipinski definition) is 3. The van der Waals surface area contributed by atoms with Crippen molar-refractivity contribution >= 4 is 29.2 Å². The molecule has 2 aromatic carbocycles.